The molecule has 0 saturated carbocycles. The quantitative estimate of drug-likeness (QED) is 0.342. The molecule has 3 nitrogen and oxygen atoms in total. The summed E-state index contributed by atoms with van der Waals surface area (Å²) in [6, 6.07) is 9.70. The van der Waals surface area contributed by atoms with Gasteiger partial charge in [-0.25, -0.2) is 4.79 Å². The topological polar surface area (TPSA) is 43.4 Å². The molecule has 0 saturated heterocycles. The summed E-state index contributed by atoms with van der Waals surface area (Å²) in [7, 11) is 0. The van der Waals surface area contributed by atoms with Gasteiger partial charge in [-0.2, -0.15) is 0 Å². The lowest BCUT2D eigenvalue weighted by Crippen LogP contribution is -2.19. The van der Waals surface area contributed by atoms with E-state index in [0.717, 1.165) is 5.56 Å². The molecule has 0 aliphatic carbocycles. The monoisotopic (exact) mass is 260 g/mol. The molecule has 0 spiro atoms. The van der Waals surface area contributed by atoms with Crippen molar-refractivity contribution in [3.8, 4) is 0 Å². The fourth-order valence-corrected chi connectivity index (χ4v) is 1.61. The van der Waals surface area contributed by atoms with Gasteiger partial charge in [0, 0.05) is 6.42 Å². The van der Waals surface area contributed by atoms with Crippen LogP contribution in [-0.4, -0.2) is 17.9 Å². The van der Waals surface area contributed by atoms with Gasteiger partial charge >= 0.3 is 5.97 Å². The van der Waals surface area contributed by atoms with Crippen molar-refractivity contribution in [2.75, 3.05) is 0 Å². The zero-order valence-electron chi connectivity index (χ0n) is 11.7. The molecule has 0 bridgehead atoms. The van der Waals surface area contributed by atoms with Crippen LogP contribution in [0.15, 0.2) is 42.0 Å². The van der Waals surface area contributed by atoms with Crippen LogP contribution in [-0.2, 0) is 20.7 Å². The number of carbonyl (C=O) groups excluding carboxylic acids is 2. The highest BCUT2D eigenvalue weighted by Crippen LogP contribution is 2.09. The Balaban J connectivity index is 2.85. The third-order valence-electron chi connectivity index (χ3n) is 2.57. The first kappa shape index (κ1) is 15.2. The van der Waals surface area contributed by atoms with E-state index in [1.54, 1.807) is 26.8 Å². The van der Waals surface area contributed by atoms with E-state index in [2.05, 4.69) is 0 Å². The van der Waals surface area contributed by atoms with Gasteiger partial charge in [0.25, 0.3) is 0 Å². The molecule has 0 fully saturated rings. The summed E-state index contributed by atoms with van der Waals surface area (Å²) in [6.07, 6.45) is 2.28. The van der Waals surface area contributed by atoms with Crippen LogP contribution in [0.2, 0.25) is 0 Å². The summed E-state index contributed by atoms with van der Waals surface area (Å²) >= 11 is 0. The van der Waals surface area contributed by atoms with Gasteiger partial charge in [-0.15, -0.1) is 0 Å². The highest BCUT2D eigenvalue weighted by Gasteiger charge is 2.18. The van der Waals surface area contributed by atoms with Gasteiger partial charge in [0.05, 0.1) is 11.7 Å². The van der Waals surface area contributed by atoms with Crippen molar-refractivity contribution in [2.24, 2.45) is 0 Å². The maximum Gasteiger partial charge on any atom is 0.341 e. The molecule has 0 N–H and O–H groups in total. The number of rotatable bonds is 6. The number of esters is 1. The normalized spacial score (nSPS) is 11.5. The van der Waals surface area contributed by atoms with Crippen molar-refractivity contribution in [2.45, 2.75) is 39.7 Å². The molecule has 3 heteroatoms. The number of ether oxygens (including phenoxy) is 1. The summed E-state index contributed by atoms with van der Waals surface area (Å²) in [5, 5.41) is 0. The van der Waals surface area contributed by atoms with Crippen LogP contribution in [0.1, 0.15) is 32.8 Å². The SMILES string of the molecule is CCC(=O)C(=CCc1ccccc1)C(=O)OC(C)C. The van der Waals surface area contributed by atoms with Crippen LogP contribution in [0.25, 0.3) is 0 Å². The highest BCUT2D eigenvalue weighted by atomic mass is 16.5. The minimum absolute atomic E-state index is 0.153. The molecular weight excluding hydrogens is 240 g/mol. The summed E-state index contributed by atoms with van der Waals surface area (Å²) in [4.78, 5) is 23.7. The lowest BCUT2D eigenvalue weighted by atomic mass is 10.1. The summed E-state index contributed by atoms with van der Waals surface area (Å²) in [5.41, 5.74) is 1.21. The largest absolute Gasteiger partial charge is 0.459 e. The second-order valence-electron chi connectivity index (χ2n) is 4.54. The van der Waals surface area contributed by atoms with Crippen molar-refractivity contribution in [1.29, 1.82) is 0 Å². The van der Waals surface area contributed by atoms with Gasteiger partial charge < -0.3 is 4.74 Å². The molecule has 0 aromatic heterocycles. The van der Waals surface area contributed by atoms with E-state index in [9.17, 15) is 9.59 Å². The lowest BCUT2D eigenvalue weighted by molar-refractivity contribution is -0.143. The van der Waals surface area contributed by atoms with Crippen LogP contribution in [0.3, 0.4) is 0 Å². The van der Waals surface area contributed by atoms with Gasteiger partial charge in [-0.3, -0.25) is 4.79 Å². The van der Waals surface area contributed by atoms with Crippen LogP contribution < -0.4 is 0 Å². The van der Waals surface area contributed by atoms with Crippen molar-refractivity contribution in [3.63, 3.8) is 0 Å². The number of benzene rings is 1. The Bertz CT molecular complexity index is 458. The molecular formula is C16H20O3. The molecule has 19 heavy (non-hydrogen) atoms. The third kappa shape index (κ3) is 5.08. The number of Topliss-reactive ketones (excluding diaryl/α,β-unsaturated/α-hetero) is 1. The first-order chi connectivity index (χ1) is 9.04. The number of carbonyl (C=O) groups is 2. The fourth-order valence-electron chi connectivity index (χ4n) is 1.61. The first-order valence-electron chi connectivity index (χ1n) is 6.52. The average molecular weight is 260 g/mol. The van der Waals surface area contributed by atoms with Crippen LogP contribution in [0.5, 0.6) is 0 Å². The van der Waals surface area contributed by atoms with Crippen molar-refractivity contribution >= 4 is 11.8 Å². The molecule has 0 aliphatic rings. The maximum atomic E-state index is 11.9. The molecule has 0 unspecified atom stereocenters. The molecule has 0 heterocycles. The van der Waals surface area contributed by atoms with Gasteiger partial charge in [0.2, 0.25) is 0 Å². The third-order valence-corrected chi connectivity index (χ3v) is 2.57. The second-order valence-corrected chi connectivity index (χ2v) is 4.54. The number of hydrogen-bond acceptors (Lipinski definition) is 3. The van der Waals surface area contributed by atoms with E-state index in [0.29, 0.717) is 12.8 Å². The molecule has 1 aromatic carbocycles. The Kier molecular flexibility index (Phi) is 6.00. The Labute approximate surface area is 114 Å². The Morgan fingerprint density at radius 2 is 1.84 bits per heavy atom. The first-order valence-corrected chi connectivity index (χ1v) is 6.52. The Morgan fingerprint density at radius 3 is 2.37 bits per heavy atom. The molecule has 0 amide bonds. The van der Waals surface area contributed by atoms with Gasteiger partial charge in [0.1, 0.15) is 0 Å². The Hall–Kier alpha value is -1.90. The predicted octanol–water partition coefficient (Wildman–Crippen LogP) is 3.09. The van der Waals surface area contributed by atoms with E-state index < -0.39 is 5.97 Å². The predicted molar refractivity (Wildman–Crippen MR) is 74.8 cm³/mol. The average Bonchev–Trinajstić information content (AvgIpc) is 2.39. The van der Waals surface area contributed by atoms with Crippen molar-refractivity contribution < 1.29 is 14.3 Å². The zero-order chi connectivity index (χ0) is 14.3. The van der Waals surface area contributed by atoms with E-state index >= 15 is 0 Å². The van der Waals surface area contributed by atoms with E-state index in [4.69, 9.17) is 4.74 Å². The maximum absolute atomic E-state index is 11.9. The Morgan fingerprint density at radius 1 is 1.21 bits per heavy atom. The van der Waals surface area contributed by atoms with Gasteiger partial charge in [-0.05, 0) is 25.8 Å². The lowest BCUT2D eigenvalue weighted by Gasteiger charge is -2.09. The molecule has 0 radical (unpaired) electrons. The van der Waals surface area contributed by atoms with E-state index in [1.165, 1.54) is 0 Å². The zero-order valence-corrected chi connectivity index (χ0v) is 11.7. The van der Waals surface area contributed by atoms with Crippen LogP contribution >= 0.6 is 0 Å². The molecule has 1 aromatic rings. The van der Waals surface area contributed by atoms with Gasteiger partial charge in [-0.1, -0.05) is 43.3 Å². The number of allylic oxidation sites excluding steroid dienone is 1. The van der Waals surface area contributed by atoms with Crippen molar-refractivity contribution in [1.82, 2.24) is 0 Å². The molecule has 1 rings (SSSR count). The minimum Gasteiger partial charge on any atom is -0.459 e. The molecule has 0 atom stereocenters. The number of hydrogen-bond donors (Lipinski definition) is 0. The second kappa shape index (κ2) is 7.52. The van der Waals surface area contributed by atoms with Crippen LogP contribution in [0, 0.1) is 0 Å². The van der Waals surface area contributed by atoms with Gasteiger partial charge in [0.15, 0.2) is 5.78 Å². The van der Waals surface area contributed by atoms with Crippen molar-refractivity contribution in [3.05, 3.63) is 47.5 Å². The van der Waals surface area contributed by atoms with E-state index in [-0.39, 0.29) is 17.5 Å². The smallest absolute Gasteiger partial charge is 0.341 e. The highest BCUT2D eigenvalue weighted by molar-refractivity contribution is 6.17. The summed E-state index contributed by atoms with van der Waals surface area (Å²) < 4.78 is 5.10. The van der Waals surface area contributed by atoms with E-state index in [1.807, 2.05) is 30.3 Å². The van der Waals surface area contributed by atoms with Crippen LogP contribution in [0.4, 0.5) is 0 Å². The molecule has 0 aliphatic heterocycles. The minimum atomic E-state index is -0.530. The standard InChI is InChI=1S/C16H20O3/c1-4-15(17)14(16(18)19-12(2)3)11-10-13-8-6-5-7-9-13/h5-9,11-12H,4,10H2,1-3H3. The fraction of sp³-hybridized carbons (Fsp3) is 0.375. The summed E-state index contributed by atoms with van der Waals surface area (Å²) in [5.74, 6) is -0.709. The summed E-state index contributed by atoms with van der Waals surface area (Å²) in [6.45, 7) is 5.27. The number of ketones is 1. The molecule has 102 valence electrons.